The molecule has 0 atom stereocenters. The van der Waals surface area contributed by atoms with Gasteiger partial charge in [-0.15, -0.1) is 0 Å². The van der Waals surface area contributed by atoms with Crippen LogP contribution in [0.15, 0.2) is 18.2 Å². The van der Waals surface area contributed by atoms with E-state index in [-0.39, 0.29) is 11.6 Å². The van der Waals surface area contributed by atoms with E-state index in [0.29, 0.717) is 10.0 Å². The predicted octanol–water partition coefficient (Wildman–Crippen LogP) is 2.83. The lowest BCUT2D eigenvalue weighted by atomic mass is 10.2. The van der Waals surface area contributed by atoms with Crippen molar-refractivity contribution in [1.82, 2.24) is 15.1 Å². The number of carbonyl (C=O) groups is 1. The zero-order valence-corrected chi connectivity index (χ0v) is 14.5. The molecule has 1 saturated heterocycles. The molecule has 6 heteroatoms. The summed E-state index contributed by atoms with van der Waals surface area (Å²) in [7, 11) is 2.07. The van der Waals surface area contributed by atoms with Gasteiger partial charge < -0.3 is 15.1 Å². The van der Waals surface area contributed by atoms with Crippen LogP contribution in [-0.2, 0) is 0 Å². The number of nitrogens with one attached hydrogen (secondary N) is 1. The second-order valence-electron chi connectivity index (χ2n) is 6.18. The highest BCUT2D eigenvalue weighted by Crippen LogP contribution is 2.35. The van der Waals surface area contributed by atoms with Crippen molar-refractivity contribution in [2.45, 2.75) is 18.4 Å². The molecule has 4 nitrogen and oxygen atoms in total. The van der Waals surface area contributed by atoms with Gasteiger partial charge in [0.25, 0.3) is 0 Å². The molecular weight excluding hydrogens is 333 g/mol. The molecule has 1 N–H and O–H groups in total. The van der Waals surface area contributed by atoms with E-state index in [2.05, 4.69) is 29.1 Å². The van der Waals surface area contributed by atoms with E-state index in [0.717, 1.165) is 44.6 Å². The normalized spacial score (nSPS) is 19.7. The maximum Gasteiger partial charge on any atom is 0.318 e. The van der Waals surface area contributed by atoms with Crippen LogP contribution in [0.2, 0.25) is 10.0 Å². The van der Waals surface area contributed by atoms with Crippen molar-refractivity contribution in [3.63, 3.8) is 0 Å². The summed E-state index contributed by atoms with van der Waals surface area (Å²) in [6, 6.07) is 5.30. The fourth-order valence-corrected chi connectivity index (χ4v) is 2.76. The SMILES string of the molecule is CN1CCN(C(=O)NC2(C#Cc3ccc(Cl)c(Cl)c3)CC2)CC1. The summed E-state index contributed by atoms with van der Waals surface area (Å²) in [5.74, 6) is 6.29. The lowest BCUT2D eigenvalue weighted by Crippen LogP contribution is -2.53. The molecule has 1 heterocycles. The third-order valence-electron chi connectivity index (χ3n) is 4.25. The number of rotatable bonds is 1. The molecule has 0 unspecified atom stereocenters. The average Bonchev–Trinajstić information content (AvgIpc) is 3.29. The standard InChI is InChI=1S/C17H19Cl2N3O/c1-21-8-10-22(11-9-21)16(23)20-17(6-7-17)5-4-13-2-3-14(18)15(19)12-13/h2-3,12H,6-11H2,1H3,(H,20,23). The summed E-state index contributed by atoms with van der Waals surface area (Å²) < 4.78 is 0. The first-order valence-corrected chi connectivity index (χ1v) is 8.47. The van der Waals surface area contributed by atoms with Crippen molar-refractivity contribution in [2.24, 2.45) is 0 Å². The number of halogens is 2. The molecular formula is C17H19Cl2N3O. The highest BCUT2D eigenvalue weighted by atomic mass is 35.5. The average molecular weight is 352 g/mol. The minimum atomic E-state index is -0.382. The molecule has 1 aliphatic heterocycles. The van der Waals surface area contributed by atoms with Crippen LogP contribution in [0.1, 0.15) is 18.4 Å². The van der Waals surface area contributed by atoms with E-state index < -0.39 is 0 Å². The van der Waals surface area contributed by atoms with E-state index in [4.69, 9.17) is 23.2 Å². The lowest BCUT2D eigenvalue weighted by Gasteiger charge is -2.33. The molecule has 1 aromatic rings. The van der Waals surface area contributed by atoms with Crippen LogP contribution < -0.4 is 5.32 Å². The second-order valence-corrected chi connectivity index (χ2v) is 7.00. The van der Waals surface area contributed by atoms with E-state index in [1.807, 2.05) is 11.0 Å². The van der Waals surface area contributed by atoms with E-state index in [1.165, 1.54) is 0 Å². The number of piperazine rings is 1. The van der Waals surface area contributed by atoms with Gasteiger partial charge in [0, 0.05) is 31.7 Å². The molecule has 0 radical (unpaired) electrons. The van der Waals surface area contributed by atoms with Gasteiger partial charge >= 0.3 is 6.03 Å². The number of amides is 2. The molecule has 2 fully saturated rings. The fourth-order valence-electron chi connectivity index (χ4n) is 2.47. The summed E-state index contributed by atoms with van der Waals surface area (Å²) in [5, 5.41) is 4.09. The van der Waals surface area contributed by atoms with Gasteiger partial charge in [-0.2, -0.15) is 0 Å². The Labute approximate surface area is 146 Å². The number of hydrogen-bond donors (Lipinski definition) is 1. The third kappa shape index (κ3) is 4.11. The smallest absolute Gasteiger partial charge is 0.318 e. The number of benzene rings is 1. The summed E-state index contributed by atoms with van der Waals surface area (Å²) in [6.07, 6.45) is 1.78. The van der Waals surface area contributed by atoms with Crippen molar-refractivity contribution in [2.75, 3.05) is 33.2 Å². The Morgan fingerprint density at radius 3 is 2.48 bits per heavy atom. The maximum absolute atomic E-state index is 12.4. The Hall–Kier alpha value is -1.41. The molecule has 1 saturated carbocycles. The first-order valence-electron chi connectivity index (χ1n) is 7.71. The molecule has 2 amide bonds. The highest BCUT2D eigenvalue weighted by molar-refractivity contribution is 6.42. The number of nitrogens with zero attached hydrogens (tertiary/aromatic N) is 2. The van der Waals surface area contributed by atoms with Crippen molar-refractivity contribution in [1.29, 1.82) is 0 Å². The lowest BCUT2D eigenvalue weighted by molar-refractivity contribution is 0.152. The van der Waals surface area contributed by atoms with Crippen LogP contribution in [0, 0.1) is 11.8 Å². The largest absolute Gasteiger partial charge is 0.322 e. The monoisotopic (exact) mass is 351 g/mol. The Morgan fingerprint density at radius 2 is 1.87 bits per heavy atom. The van der Waals surface area contributed by atoms with E-state index >= 15 is 0 Å². The van der Waals surface area contributed by atoms with Gasteiger partial charge in [-0.3, -0.25) is 0 Å². The van der Waals surface area contributed by atoms with Crippen LogP contribution >= 0.6 is 23.2 Å². The predicted molar refractivity (Wildman–Crippen MR) is 92.9 cm³/mol. The second kappa shape index (κ2) is 6.60. The molecule has 0 spiro atoms. The van der Waals surface area contributed by atoms with Gasteiger partial charge in [-0.05, 0) is 38.1 Å². The van der Waals surface area contributed by atoms with Crippen molar-refractivity contribution in [3.05, 3.63) is 33.8 Å². The quantitative estimate of drug-likeness (QED) is 0.789. The van der Waals surface area contributed by atoms with Crippen molar-refractivity contribution < 1.29 is 4.79 Å². The molecule has 1 aromatic carbocycles. The van der Waals surface area contributed by atoms with E-state index in [9.17, 15) is 4.79 Å². The van der Waals surface area contributed by atoms with Crippen molar-refractivity contribution >= 4 is 29.2 Å². The van der Waals surface area contributed by atoms with Gasteiger partial charge in [-0.25, -0.2) is 4.79 Å². The fraction of sp³-hybridized carbons (Fsp3) is 0.471. The molecule has 122 valence electrons. The molecule has 2 aliphatic rings. The third-order valence-corrected chi connectivity index (χ3v) is 4.99. The first kappa shape index (κ1) is 16.4. The molecule has 0 aromatic heterocycles. The van der Waals surface area contributed by atoms with Gasteiger partial charge in [0.1, 0.15) is 5.54 Å². The molecule has 3 rings (SSSR count). The zero-order chi connectivity index (χ0) is 16.4. The minimum Gasteiger partial charge on any atom is -0.322 e. The molecule has 1 aliphatic carbocycles. The van der Waals surface area contributed by atoms with E-state index in [1.54, 1.807) is 12.1 Å². The van der Waals surface area contributed by atoms with Gasteiger partial charge in [0.05, 0.1) is 10.0 Å². The van der Waals surface area contributed by atoms with Crippen LogP contribution in [0.5, 0.6) is 0 Å². The summed E-state index contributed by atoms with van der Waals surface area (Å²) in [5.41, 5.74) is 0.423. The van der Waals surface area contributed by atoms with Crippen LogP contribution in [0.25, 0.3) is 0 Å². The van der Waals surface area contributed by atoms with Crippen molar-refractivity contribution in [3.8, 4) is 11.8 Å². The summed E-state index contributed by atoms with van der Waals surface area (Å²) in [6.45, 7) is 3.35. The Balaban J connectivity index is 1.63. The van der Waals surface area contributed by atoms with Crippen LogP contribution in [-0.4, -0.2) is 54.6 Å². The van der Waals surface area contributed by atoms with Gasteiger partial charge in [0.2, 0.25) is 0 Å². The summed E-state index contributed by atoms with van der Waals surface area (Å²) in [4.78, 5) is 16.4. The highest BCUT2D eigenvalue weighted by Gasteiger charge is 2.43. The zero-order valence-electron chi connectivity index (χ0n) is 13.0. The molecule has 23 heavy (non-hydrogen) atoms. The molecule has 0 bridgehead atoms. The number of likely N-dealkylation sites (N-methyl/N-ethyl adjacent to an activating group) is 1. The van der Waals surface area contributed by atoms with Crippen LogP contribution in [0.4, 0.5) is 4.79 Å². The Bertz CT molecular complexity index is 668. The Kier molecular flexibility index (Phi) is 4.72. The number of urea groups is 1. The van der Waals surface area contributed by atoms with Crippen LogP contribution in [0.3, 0.4) is 0 Å². The maximum atomic E-state index is 12.4. The van der Waals surface area contributed by atoms with Gasteiger partial charge in [0.15, 0.2) is 0 Å². The first-order chi connectivity index (χ1) is 11.0. The Morgan fingerprint density at radius 1 is 1.17 bits per heavy atom. The minimum absolute atomic E-state index is 0.0148. The number of hydrogen-bond acceptors (Lipinski definition) is 2. The summed E-state index contributed by atoms with van der Waals surface area (Å²) >= 11 is 11.9. The topological polar surface area (TPSA) is 35.6 Å². The van der Waals surface area contributed by atoms with Gasteiger partial charge in [-0.1, -0.05) is 35.0 Å². The number of carbonyl (C=O) groups excluding carboxylic acids is 1.